The van der Waals surface area contributed by atoms with Gasteiger partial charge in [0.2, 0.25) is 5.78 Å². The Bertz CT molecular complexity index is 567. The Morgan fingerprint density at radius 1 is 1.37 bits per heavy atom. The van der Waals surface area contributed by atoms with E-state index >= 15 is 0 Å². The van der Waals surface area contributed by atoms with Crippen LogP contribution in [0.25, 0.3) is 0 Å². The van der Waals surface area contributed by atoms with E-state index in [4.69, 9.17) is 0 Å². The summed E-state index contributed by atoms with van der Waals surface area (Å²) in [6, 6.07) is 5.49. The van der Waals surface area contributed by atoms with E-state index in [0.29, 0.717) is 17.8 Å². The third-order valence-electron chi connectivity index (χ3n) is 2.49. The lowest BCUT2D eigenvalue weighted by molar-refractivity contribution is -0.0498. The van der Waals surface area contributed by atoms with Crippen molar-refractivity contribution in [3.8, 4) is 5.75 Å². The lowest BCUT2D eigenvalue weighted by atomic mass is 10.1. The van der Waals surface area contributed by atoms with Gasteiger partial charge in [-0.25, -0.2) is 4.68 Å². The van der Waals surface area contributed by atoms with Gasteiger partial charge in [0.05, 0.1) is 6.20 Å². The monoisotopic (exact) mass is 267 g/mol. The number of ether oxygens (including phenoxy) is 1. The summed E-state index contributed by atoms with van der Waals surface area (Å²) in [5.41, 5.74) is 0.712. The van der Waals surface area contributed by atoms with Gasteiger partial charge in [-0.3, -0.25) is 4.79 Å². The van der Waals surface area contributed by atoms with Gasteiger partial charge in [-0.2, -0.15) is 8.78 Å². The average Bonchev–Trinajstić information content (AvgIpc) is 2.86. The summed E-state index contributed by atoms with van der Waals surface area (Å²) < 4.78 is 29.7. The molecule has 0 radical (unpaired) electrons. The molecule has 2 rings (SSSR count). The molecule has 0 unspecified atom stereocenters. The Kier molecular flexibility index (Phi) is 3.84. The summed E-state index contributed by atoms with van der Waals surface area (Å²) in [6.45, 7) is -0.522. The van der Waals surface area contributed by atoms with E-state index < -0.39 is 6.61 Å². The minimum atomic E-state index is -2.88. The van der Waals surface area contributed by atoms with Crippen LogP contribution in [0.2, 0.25) is 0 Å². The van der Waals surface area contributed by atoms with E-state index in [0.717, 1.165) is 0 Å². The summed E-state index contributed by atoms with van der Waals surface area (Å²) in [5, 5.41) is 7.42. The van der Waals surface area contributed by atoms with Gasteiger partial charge in [0.25, 0.3) is 0 Å². The van der Waals surface area contributed by atoms with Gasteiger partial charge in [0.15, 0.2) is 0 Å². The number of hydrogen-bond donors (Lipinski definition) is 0. The highest BCUT2D eigenvalue weighted by Gasteiger charge is 2.15. The predicted octanol–water partition coefficient (Wildman–Crippen LogP) is 2.13. The van der Waals surface area contributed by atoms with Crippen molar-refractivity contribution >= 4 is 5.78 Å². The van der Waals surface area contributed by atoms with Crippen molar-refractivity contribution < 1.29 is 18.3 Å². The fourth-order valence-corrected chi connectivity index (χ4v) is 1.60. The van der Waals surface area contributed by atoms with Gasteiger partial charge in [0.1, 0.15) is 11.4 Å². The molecule has 0 aliphatic rings. The molecule has 100 valence electrons. The van der Waals surface area contributed by atoms with Crippen LogP contribution in [0, 0.1) is 0 Å². The Morgan fingerprint density at radius 3 is 2.63 bits per heavy atom. The van der Waals surface area contributed by atoms with E-state index in [1.165, 1.54) is 35.1 Å². The van der Waals surface area contributed by atoms with Crippen molar-refractivity contribution in [1.29, 1.82) is 0 Å². The van der Waals surface area contributed by atoms with E-state index in [-0.39, 0.29) is 11.5 Å². The zero-order chi connectivity index (χ0) is 13.8. The first kappa shape index (κ1) is 13.1. The van der Waals surface area contributed by atoms with Gasteiger partial charge in [-0.1, -0.05) is 5.21 Å². The van der Waals surface area contributed by atoms with Crippen LogP contribution < -0.4 is 4.74 Å². The molecule has 0 bridgehead atoms. The van der Waals surface area contributed by atoms with Crippen LogP contribution in [0.15, 0.2) is 30.5 Å². The van der Waals surface area contributed by atoms with Crippen LogP contribution in [0.4, 0.5) is 8.78 Å². The summed E-state index contributed by atoms with van der Waals surface area (Å²) in [5.74, 6) is -0.260. The van der Waals surface area contributed by atoms with Gasteiger partial charge in [-0.05, 0) is 31.2 Å². The highest BCUT2D eigenvalue weighted by Crippen LogP contribution is 2.17. The van der Waals surface area contributed by atoms with Crippen molar-refractivity contribution in [1.82, 2.24) is 15.0 Å². The fourth-order valence-electron chi connectivity index (χ4n) is 1.60. The van der Waals surface area contributed by atoms with Crippen LogP contribution in [-0.4, -0.2) is 27.4 Å². The normalized spacial score (nSPS) is 10.7. The van der Waals surface area contributed by atoms with E-state index in [1.807, 2.05) is 6.92 Å². The molecule has 5 nitrogen and oxygen atoms in total. The Morgan fingerprint density at radius 2 is 2.05 bits per heavy atom. The second-order valence-corrected chi connectivity index (χ2v) is 3.67. The summed E-state index contributed by atoms with van der Waals surface area (Å²) in [7, 11) is 0. The lowest BCUT2D eigenvalue weighted by Gasteiger charge is -2.05. The number of aryl methyl sites for hydroxylation is 1. The third-order valence-corrected chi connectivity index (χ3v) is 2.49. The molecule has 0 fully saturated rings. The molecule has 2 aromatic rings. The fraction of sp³-hybridized carbons (Fsp3) is 0.250. The Balaban J connectivity index is 2.20. The molecule has 0 saturated carbocycles. The average molecular weight is 267 g/mol. The number of carbonyl (C=O) groups excluding carboxylic acids is 1. The lowest BCUT2D eigenvalue weighted by Crippen LogP contribution is -2.10. The number of hydrogen-bond acceptors (Lipinski definition) is 4. The number of halogens is 2. The Labute approximate surface area is 107 Å². The number of nitrogens with zero attached hydrogens (tertiary/aromatic N) is 3. The summed E-state index contributed by atoms with van der Waals surface area (Å²) in [6.07, 6.45) is 1.37. The van der Waals surface area contributed by atoms with E-state index in [2.05, 4.69) is 15.0 Å². The molecular formula is C12H11F2N3O2. The van der Waals surface area contributed by atoms with Gasteiger partial charge >= 0.3 is 6.61 Å². The number of carbonyl (C=O) groups is 1. The number of benzene rings is 1. The van der Waals surface area contributed by atoms with Gasteiger partial charge < -0.3 is 4.74 Å². The molecule has 0 aliphatic carbocycles. The predicted molar refractivity (Wildman–Crippen MR) is 62.2 cm³/mol. The second-order valence-electron chi connectivity index (χ2n) is 3.67. The van der Waals surface area contributed by atoms with Crippen LogP contribution in [-0.2, 0) is 6.54 Å². The molecule has 0 atom stereocenters. The number of alkyl halides is 2. The van der Waals surface area contributed by atoms with Crippen molar-refractivity contribution in [2.45, 2.75) is 20.1 Å². The maximum absolute atomic E-state index is 12.1. The molecule has 0 saturated heterocycles. The van der Waals surface area contributed by atoms with Crippen LogP contribution in [0.3, 0.4) is 0 Å². The molecule has 0 aliphatic heterocycles. The topological polar surface area (TPSA) is 57.0 Å². The molecule has 0 amide bonds. The first-order valence-electron chi connectivity index (χ1n) is 5.60. The van der Waals surface area contributed by atoms with E-state index in [1.54, 1.807) is 0 Å². The quantitative estimate of drug-likeness (QED) is 0.779. The Hall–Kier alpha value is -2.31. The molecule has 1 aromatic heterocycles. The molecule has 0 spiro atoms. The van der Waals surface area contributed by atoms with Crippen molar-refractivity contribution in [3.05, 3.63) is 41.7 Å². The zero-order valence-electron chi connectivity index (χ0n) is 10.1. The minimum absolute atomic E-state index is 0.00803. The summed E-state index contributed by atoms with van der Waals surface area (Å²) >= 11 is 0. The first-order valence-corrected chi connectivity index (χ1v) is 5.60. The maximum atomic E-state index is 12.1. The minimum Gasteiger partial charge on any atom is -0.435 e. The first-order chi connectivity index (χ1) is 9.11. The highest BCUT2D eigenvalue weighted by atomic mass is 19.3. The van der Waals surface area contributed by atoms with Crippen LogP contribution in [0.1, 0.15) is 23.0 Å². The van der Waals surface area contributed by atoms with Crippen molar-refractivity contribution in [3.63, 3.8) is 0 Å². The van der Waals surface area contributed by atoms with Gasteiger partial charge in [-0.15, -0.1) is 5.10 Å². The molecule has 19 heavy (non-hydrogen) atoms. The maximum Gasteiger partial charge on any atom is 0.387 e. The van der Waals surface area contributed by atoms with Crippen molar-refractivity contribution in [2.24, 2.45) is 0 Å². The third kappa shape index (κ3) is 2.93. The van der Waals surface area contributed by atoms with Crippen molar-refractivity contribution in [2.75, 3.05) is 0 Å². The molecule has 7 heteroatoms. The van der Waals surface area contributed by atoms with E-state index in [9.17, 15) is 13.6 Å². The molecule has 1 heterocycles. The van der Waals surface area contributed by atoms with Gasteiger partial charge in [0, 0.05) is 12.1 Å². The number of rotatable bonds is 5. The zero-order valence-corrected chi connectivity index (χ0v) is 10.1. The molecular weight excluding hydrogens is 256 g/mol. The smallest absolute Gasteiger partial charge is 0.387 e. The number of aromatic nitrogens is 3. The van der Waals surface area contributed by atoms with Crippen LogP contribution >= 0.6 is 0 Å². The molecule has 1 aromatic carbocycles. The van der Waals surface area contributed by atoms with Crippen LogP contribution in [0.5, 0.6) is 5.75 Å². The summed E-state index contributed by atoms with van der Waals surface area (Å²) in [4.78, 5) is 12.1. The standard InChI is InChI=1S/C12H11F2N3O2/c1-2-17-10(7-15-16-17)11(18)8-3-5-9(6-4-8)19-12(13)14/h3-7,12H,2H2,1H3. The largest absolute Gasteiger partial charge is 0.435 e. The second kappa shape index (κ2) is 5.55. The molecule has 0 N–H and O–H groups in total. The number of ketones is 1. The highest BCUT2D eigenvalue weighted by molar-refractivity contribution is 6.07. The SMILES string of the molecule is CCn1nncc1C(=O)c1ccc(OC(F)F)cc1.